The fourth-order valence-electron chi connectivity index (χ4n) is 3.02. The van der Waals surface area contributed by atoms with Gasteiger partial charge in [-0.15, -0.1) is 10.2 Å². The highest BCUT2D eigenvalue weighted by Crippen LogP contribution is 2.41. The number of nitrogens with one attached hydrogen (secondary N) is 1. The molecule has 0 aliphatic rings. The maximum Gasteiger partial charge on any atom is 0.277 e. The summed E-state index contributed by atoms with van der Waals surface area (Å²) in [6, 6.07) is 11.2. The van der Waals surface area contributed by atoms with Gasteiger partial charge in [0.05, 0.1) is 27.1 Å². The van der Waals surface area contributed by atoms with Gasteiger partial charge in [-0.25, -0.2) is 0 Å². The van der Waals surface area contributed by atoms with Crippen molar-refractivity contribution in [2.45, 2.75) is 25.0 Å². The lowest BCUT2D eigenvalue weighted by Gasteiger charge is -2.13. The number of para-hydroxylation sites is 1. The van der Waals surface area contributed by atoms with Crippen LogP contribution in [0.25, 0.3) is 11.5 Å². The molecule has 0 aliphatic carbocycles. The Labute approximate surface area is 185 Å². The van der Waals surface area contributed by atoms with Crippen LogP contribution in [0.15, 0.2) is 46.0 Å². The summed E-state index contributed by atoms with van der Waals surface area (Å²) in [5, 5.41) is 11.3. The molecule has 164 valence electrons. The molecule has 1 heterocycles. The van der Waals surface area contributed by atoms with Crippen LogP contribution in [-0.2, 0) is 4.79 Å². The van der Waals surface area contributed by atoms with Gasteiger partial charge in [-0.2, -0.15) is 0 Å². The van der Waals surface area contributed by atoms with E-state index in [9.17, 15) is 4.79 Å². The number of methoxy groups -OCH3 is 3. The summed E-state index contributed by atoms with van der Waals surface area (Å²) in [7, 11) is 4.60. The number of amides is 1. The van der Waals surface area contributed by atoms with Crippen molar-refractivity contribution in [3.05, 3.63) is 42.0 Å². The molecular formula is C22H25N3O5S. The Morgan fingerprint density at radius 3 is 2.35 bits per heavy atom. The summed E-state index contributed by atoms with van der Waals surface area (Å²) in [6.07, 6.45) is 0. The second-order valence-corrected chi connectivity index (χ2v) is 7.79. The van der Waals surface area contributed by atoms with Crippen LogP contribution in [0.3, 0.4) is 0 Å². The average molecular weight is 444 g/mol. The molecule has 8 nitrogen and oxygen atoms in total. The van der Waals surface area contributed by atoms with Gasteiger partial charge in [0.2, 0.25) is 17.5 Å². The molecule has 0 spiro atoms. The van der Waals surface area contributed by atoms with Gasteiger partial charge in [0.1, 0.15) is 0 Å². The van der Waals surface area contributed by atoms with E-state index >= 15 is 0 Å². The van der Waals surface area contributed by atoms with Crippen LogP contribution < -0.4 is 19.5 Å². The molecule has 31 heavy (non-hydrogen) atoms. The Hall–Kier alpha value is -3.20. The quantitative estimate of drug-likeness (QED) is 0.479. The minimum Gasteiger partial charge on any atom is -0.493 e. The van der Waals surface area contributed by atoms with E-state index in [0.717, 1.165) is 11.3 Å². The van der Waals surface area contributed by atoms with Gasteiger partial charge < -0.3 is 23.9 Å². The number of benzene rings is 2. The standard InChI is InChI=1S/C22H25N3O5S/c1-13(2)15-8-6-7-9-16(15)23-19(26)12-31-22-25-24-21(30-22)14-10-17(27-3)20(29-5)18(11-14)28-4/h6-11,13H,12H2,1-5H3,(H,23,26). The summed E-state index contributed by atoms with van der Waals surface area (Å²) in [6.45, 7) is 4.17. The van der Waals surface area contributed by atoms with Crippen molar-refractivity contribution in [3.63, 3.8) is 0 Å². The zero-order valence-electron chi connectivity index (χ0n) is 18.1. The van der Waals surface area contributed by atoms with Crippen molar-refractivity contribution in [1.29, 1.82) is 0 Å². The van der Waals surface area contributed by atoms with Crippen LogP contribution in [-0.4, -0.2) is 43.2 Å². The fourth-order valence-corrected chi connectivity index (χ4v) is 3.58. The van der Waals surface area contributed by atoms with Gasteiger partial charge in [-0.1, -0.05) is 43.8 Å². The van der Waals surface area contributed by atoms with Crippen LogP contribution in [0.4, 0.5) is 5.69 Å². The molecule has 1 aromatic heterocycles. The second kappa shape index (κ2) is 10.2. The Kier molecular flexibility index (Phi) is 7.41. The first kappa shape index (κ1) is 22.5. The number of carbonyl (C=O) groups is 1. The van der Waals surface area contributed by atoms with E-state index < -0.39 is 0 Å². The Morgan fingerprint density at radius 2 is 1.74 bits per heavy atom. The molecule has 0 atom stereocenters. The van der Waals surface area contributed by atoms with Crippen LogP contribution in [0.5, 0.6) is 17.2 Å². The SMILES string of the molecule is COc1cc(-c2nnc(SCC(=O)Nc3ccccc3C(C)C)o2)cc(OC)c1OC. The normalized spacial score (nSPS) is 10.8. The van der Waals surface area contributed by atoms with Gasteiger partial charge in [-0.05, 0) is 29.7 Å². The highest BCUT2D eigenvalue weighted by molar-refractivity contribution is 7.99. The topological polar surface area (TPSA) is 95.7 Å². The van der Waals surface area contributed by atoms with Crippen molar-refractivity contribution in [2.75, 3.05) is 32.4 Å². The first-order chi connectivity index (χ1) is 15.0. The Morgan fingerprint density at radius 1 is 1.06 bits per heavy atom. The van der Waals surface area contributed by atoms with Gasteiger partial charge >= 0.3 is 0 Å². The van der Waals surface area contributed by atoms with Gasteiger partial charge in [0.25, 0.3) is 5.22 Å². The molecule has 0 saturated carbocycles. The van der Waals surface area contributed by atoms with Gasteiger partial charge in [-0.3, -0.25) is 4.79 Å². The third-order valence-electron chi connectivity index (χ3n) is 4.50. The van der Waals surface area contributed by atoms with E-state index in [0.29, 0.717) is 28.7 Å². The minimum atomic E-state index is -0.148. The number of aromatic nitrogens is 2. The van der Waals surface area contributed by atoms with Crippen LogP contribution in [0.1, 0.15) is 25.3 Å². The number of rotatable bonds is 9. The lowest BCUT2D eigenvalue weighted by molar-refractivity contribution is -0.113. The number of thioether (sulfide) groups is 1. The summed E-state index contributed by atoms with van der Waals surface area (Å²) >= 11 is 1.17. The lowest BCUT2D eigenvalue weighted by atomic mass is 10.0. The molecule has 0 fully saturated rings. The summed E-state index contributed by atoms with van der Waals surface area (Å²) < 4.78 is 21.8. The van der Waals surface area contributed by atoms with E-state index in [4.69, 9.17) is 18.6 Å². The zero-order valence-corrected chi connectivity index (χ0v) is 18.9. The van der Waals surface area contributed by atoms with Crippen LogP contribution >= 0.6 is 11.8 Å². The lowest BCUT2D eigenvalue weighted by Crippen LogP contribution is -2.15. The molecule has 2 aromatic carbocycles. The fraction of sp³-hybridized carbons (Fsp3) is 0.318. The van der Waals surface area contributed by atoms with Crippen molar-refractivity contribution in [1.82, 2.24) is 10.2 Å². The molecule has 1 N–H and O–H groups in total. The Bertz CT molecular complexity index is 1030. The van der Waals surface area contributed by atoms with E-state index in [-0.39, 0.29) is 22.8 Å². The third-order valence-corrected chi connectivity index (χ3v) is 5.32. The van der Waals surface area contributed by atoms with Gasteiger partial charge in [0.15, 0.2) is 11.5 Å². The number of hydrogen-bond donors (Lipinski definition) is 1. The van der Waals surface area contributed by atoms with E-state index in [2.05, 4.69) is 29.4 Å². The smallest absolute Gasteiger partial charge is 0.277 e. The number of nitrogens with zero attached hydrogens (tertiary/aromatic N) is 2. The maximum absolute atomic E-state index is 12.4. The largest absolute Gasteiger partial charge is 0.493 e. The van der Waals surface area contributed by atoms with Crippen LogP contribution in [0, 0.1) is 0 Å². The molecule has 1 amide bonds. The first-order valence-corrected chi connectivity index (χ1v) is 10.6. The number of ether oxygens (including phenoxy) is 3. The van der Waals surface area contributed by atoms with Crippen molar-refractivity contribution >= 4 is 23.4 Å². The van der Waals surface area contributed by atoms with Crippen molar-refractivity contribution in [2.24, 2.45) is 0 Å². The van der Waals surface area contributed by atoms with Gasteiger partial charge in [0, 0.05) is 11.3 Å². The van der Waals surface area contributed by atoms with Crippen molar-refractivity contribution < 1.29 is 23.4 Å². The Balaban J connectivity index is 1.69. The minimum absolute atomic E-state index is 0.142. The third kappa shape index (κ3) is 5.29. The highest BCUT2D eigenvalue weighted by Gasteiger charge is 2.18. The molecule has 9 heteroatoms. The average Bonchev–Trinajstić information content (AvgIpc) is 3.26. The number of anilines is 1. The molecule has 0 aliphatic heterocycles. The summed E-state index contributed by atoms with van der Waals surface area (Å²) in [4.78, 5) is 12.4. The molecule has 3 aromatic rings. The predicted molar refractivity (Wildman–Crippen MR) is 119 cm³/mol. The molecule has 0 unspecified atom stereocenters. The number of carbonyl (C=O) groups excluding carboxylic acids is 1. The van der Waals surface area contributed by atoms with E-state index in [1.807, 2.05) is 24.3 Å². The van der Waals surface area contributed by atoms with E-state index in [1.54, 1.807) is 12.1 Å². The monoisotopic (exact) mass is 443 g/mol. The van der Waals surface area contributed by atoms with E-state index in [1.165, 1.54) is 33.1 Å². The maximum atomic E-state index is 12.4. The second-order valence-electron chi connectivity index (χ2n) is 6.87. The molecule has 0 radical (unpaired) electrons. The molecule has 3 rings (SSSR count). The van der Waals surface area contributed by atoms with Crippen LogP contribution in [0.2, 0.25) is 0 Å². The molecule has 0 saturated heterocycles. The van der Waals surface area contributed by atoms with Crippen molar-refractivity contribution in [3.8, 4) is 28.7 Å². The molecular weight excluding hydrogens is 418 g/mol. The highest BCUT2D eigenvalue weighted by atomic mass is 32.2. The summed E-state index contributed by atoms with van der Waals surface area (Å²) in [5.41, 5.74) is 2.51. The number of hydrogen-bond acceptors (Lipinski definition) is 8. The summed E-state index contributed by atoms with van der Waals surface area (Å²) in [5.74, 6) is 2.02. The first-order valence-electron chi connectivity index (χ1n) is 9.62. The molecule has 0 bridgehead atoms. The predicted octanol–water partition coefficient (Wildman–Crippen LogP) is 4.62. The zero-order chi connectivity index (χ0) is 22.4.